The van der Waals surface area contributed by atoms with Crippen molar-refractivity contribution in [3.05, 3.63) is 41.2 Å². The lowest BCUT2D eigenvalue weighted by atomic mass is 10.1. The maximum absolute atomic E-state index is 5.52. The molecule has 158 valence electrons. The lowest BCUT2D eigenvalue weighted by molar-refractivity contribution is 0.415. The van der Waals surface area contributed by atoms with E-state index in [-0.39, 0.29) is 0 Å². The summed E-state index contributed by atoms with van der Waals surface area (Å²) in [6.45, 7) is 7.00. The van der Waals surface area contributed by atoms with E-state index in [9.17, 15) is 0 Å². The highest BCUT2D eigenvalue weighted by molar-refractivity contribution is 5.80. The van der Waals surface area contributed by atoms with Gasteiger partial charge in [-0.25, -0.2) is 0 Å². The largest absolute Gasteiger partial charge is 0.495 e. The molecule has 1 unspecified atom stereocenters. The number of ether oxygens (including phenoxy) is 1. The molecule has 1 aliphatic rings. The molecule has 1 aromatic carbocycles. The first-order chi connectivity index (χ1) is 14.1. The van der Waals surface area contributed by atoms with E-state index in [0.717, 1.165) is 62.0 Å². The molecular weight excluding hydrogens is 364 g/mol. The quantitative estimate of drug-likeness (QED) is 0.554. The first-order valence-corrected chi connectivity index (χ1v) is 10.5. The molecule has 7 heteroatoms. The minimum Gasteiger partial charge on any atom is -0.495 e. The normalized spacial score (nSPS) is 16.9. The number of methoxy groups -OCH3 is 1. The van der Waals surface area contributed by atoms with E-state index in [4.69, 9.17) is 4.74 Å². The number of aliphatic imine (C=N–C) groups is 1. The molecule has 0 aliphatic carbocycles. The molecule has 29 heavy (non-hydrogen) atoms. The van der Waals surface area contributed by atoms with Crippen LogP contribution in [0.2, 0.25) is 0 Å². The van der Waals surface area contributed by atoms with Crippen LogP contribution in [0, 0.1) is 0 Å². The third-order valence-electron chi connectivity index (χ3n) is 5.64. The summed E-state index contributed by atoms with van der Waals surface area (Å²) in [6.07, 6.45) is 2.97. The predicted molar refractivity (Wildman–Crippen MR) is 119 cm³/mol. The molecule has 3 rings (SSSR count). The van der Waals surface area contributed by atoms with Crippen LogP contribution in [0.4, 0.5) is 5.69 Å². The summed E-state index contributed by atoms with van der Waals surface area (Å²) >= 11 is 0. The molecule has 0 radical (unpaired) electrons. The third kappa shape index (κ3) is 4.66. The lowest BCUT2D eigenvalue weighted by Crippen LogP contribution is -2.44. The van der Waals surface area contributed by atoms with E-state index in [1.807, 2.05) is 30.9 Å². The number of hydrogen-bond acceptors (Lipinski definition) is 4. The molecule has 1 atom stereocenters. The van der Waals surface area contributed by atoms with Crippen LogP contribution >= 0.6 is 0 Å². The van der Waals surface area contributed by atoms with Gasteiger partial charge in [-0.3, -0.25) is 9.67 Å². The van der Waals surface area contributed by atoms with Gasteiger partial charge in [0, 0.05) is 51.0 Å². The Bertz CT molecular complexity index is 844. The second-order valence-electron chi connectivity index (χ2n) is 7.38. The Morgan fingerprint density at radius 1 is 1.28 bits per heavy atom. The van der Waals surface area contributed by atoms with E-state index in [1.165, 1.54) is 11.3 Å². The third-order valence-corrected chi connectivity index (χ3v) is 5.64. The number of aryl methyl sites for hydroxylation is 2. The van der Waals surface area contributed by atoms with Crippen molar-refractivity contribution in [1.82, 2.24) is 20.4 Å². The number of anilines is 1. The topological polar surface area (TPSA) is 66.7 Å². The van der Waals surface area contributed by atoms with Crippen molar-refractivity contribution in [1.29, 1.82) is 0 Å². The van der Waals surface area contributed by atoms with Gasteiger partial charge in [-0.15, -0.1) is 0 Å². The van der Waals surface area contributed by atoms with E-state index < -0.39 is 0 Å². The van der Waals surface area contributed by atoms with Gasteiger partial charge < -0.3 is 20.3 Å². The van der Waals surface area contributed by atoms with Crippen molar-refractivity contribution in [2.24, 2.45) is 12.0 Å². The lowest BCUT2D eigenvalue weighted by Gasteiger charge is -2.22. The summed E-state index contributed by atoms with van der Waals surface area (Å²) < 4.78 is 7.53. The highest BCUT2D eigenvalue weighted by Gasteiger charge is 2.25. The number of nitrogens with one attached hydrogen (secondary N) is 2. The van der Waals surface area contributed by atoms with Gasteiger partial charge >= 0.3 is 0 Å². The second kappa shape index (κ2) is 9.67. The van der Waals surface area contributed by atoms with Gasteiger partial charge in [0.2, 0.25) is 0 Å². The Morgan fingerprint density at radius 3 is 2.76 bits per heavy atom. The van der Waals surface area contributed by atoms with Crippen LogP contribution in [-0.2, 0) is 26.4 Å². The SMILES string of the molecule is CCc1nn(C)c(CC)c1CNC(=NC)NC1CCN(c2ccccc2OC)C1. The van der Waals surface area contributed by atoms with Gasteiger partial charge in [0.15, 0.2) is 5.96 Å². The number of benzene rings is 1. The van der Waals surface area contributed by atoms with E-state index in [1.54, 1.807) is 7.11 Å². The van der Waals surface area contributed by atoms with Crippen LogP contribution in [0.3, 0.4) is 0 Å². The fraction of sp³-hybridized carbons (Fsp3) is 0.545. The molecular formula is C22H34N6O. The Kier molecular flexibility index (Phi) is 7.01. The summed E-state index contributed by atoms with van der Waals surface area (Å²) in [5.74, 6) is 1.76. The maximum atomic E-state index is 5.52. The molecule has 1 saturated heterocycles. The Hall–Kier alpha value is -2.70. The van der Waals surface area contributed by atoms with Crippen molar-refractivity contribution in [2.75, 3.05) is 32.1 Å². The average Bonchev–Trinajstić information content (AvgIpc) is 3.34. The van der Waals surface area contributed by atoms with Gasteiger partial charge in [-0.2, -0.15) is 5.10 Å². The molecule has 0 bridgehead atoms. The van der Waals surface area contributed by atoms with Crippen molar-refractivity contribution >= 4 is 11.6 Å². The maximum Gasteiger partial charge on any atom is 0.191 e. The summed E-state index contributed by atoms with van der Waals surface area (Å²) in [4.78, 5) is 6.81. The Balaban J connectivity index is 1.60. The van der Waals surface area contributed by atoms with Crippen molar-refractivity contribution in [3.63, 3.8) is 0 Å². The standard InChI is InChI=1S/C22H34N6O/c1-6-18-17(19(7-2)27(4)26-18)14-24-22(23-3)25-16-12-13-28(15-16)20-10-8-9-11-21(20)29-5/h8-11,16H,6-7,12-15H2,1-5H3,(H2,23,24,25). The van der Waals surface area contributed by atoms with Crippen LogP contribution in [0.5, 0.6) is 5.75 Å². The van der Waals surface area contributed by atoms with Crippen molar-refractivity contribution in [2.45, 2.75) is 45.7 Å². The monoisotopic (exact) mass is 398 g/mol. The fourth-order valence-electron chi connectivity index (χ4n) is 4.14. The van der Waals surface area contributed by atoms with Crippen molar-refractivity contribution in [3.8, 4) is 5.75 Å². The zero-order valence-corrected chi connectivity index (χ0v) is 18.3. The van der Waals surface area contributed by atoms with Crippen LogP contribution < -0.4 is 20.3 Å². The van der Waals surface area contributed by atoms with Gasteiger partial charge in [0.25, 0.3) is 0 Å². The summed E-state index contributed by atoms with van der Waals surface area (Å²) in [6, 6.07) is 8.55. The summed E-state index contributed by atoms with van der Waals surface area (Å²) in [5, 5.41) is 11.7. The number of rotatable bonds is 7. The summed E-state index contributed by atoms with van der Waals surface area (Å²) in [5.41, 5.74) is 4.89. The van der Waals surface area contributed by atoms with Crippen LogP contribution in [-0.4, -0.2) is 49.0 Å². The number of aromatic nitrogens is 2. The molecule has 7 nitrogen and oxygen atoms in total. The smallest absolute Gasteiger partial charge is 0.191 e. The van der Waals surface area contributed by atoms with Gasteiger partial charge in [-0.05, 0) is 31.4 Å². The van der Waals surface area contributed by atoms with Crippen LogP contribution in [0.15, 0.2) is 29.3 Å². The van der Waals surface area contributed by atoms with E-state index >= 15 is 0 Å². The van der Waals surface area contributed by atoms with E-state index in [0.29, 0.717) is 6.04 Å². The highest BCUT2D eigenvalue weighted by atomic mass is 16.5. The molecule has 2 N–H and O–H groups in total. The molecule has 1 fully saturated rings. The van der Waals surface area contributed by atoms with Crippen molar-refractivity contribution < 1.29 is 4.74 Å². The fourth-order valence-corrected chi connectivity index (χ4v) is 4.14. The molecule has 0 spiro atoms. The van der Waals surface area contributed by atoms with Crippen LogP contribution in [0.1, 0.15) is 37.2 Å². The molecule has 0 amide bonds. The number of hydrogen-bond donors (Lipinski definition) is 2. The number of guanidine groups is 1. The highest BCUT2D eigenvalue weighted by Crippen LogP contribution is 2.30. The second-order valence-corrected chi connectivity index (χ2v) is 7.38. The molecule has 1 aromatic heterocycles. The zero-order valence-electron chi connectivity index (χ0n) is 18.3. The minimum absolute atomic E-state index is 0.344. The predicted octanol–water partition coefficient (Wildman–Crippen LogP) is 2.50. The minimum atomic E-state index is 0.344. The number of para-hydroxylation sites is 2. The van der Waals surface area contributed by atoms with Gasteiger partial charge in [-0.1, -0.05) is 26.0 Å². The zero-order chi connectivity index (χ0) is 20.8. The van der Waals surface area contributed by atoms with E-state index in [2.05, 4.69) is 51.6 Å². The summed E-state index contributed by atoms with van der Waals surface area (Å²) in [7, 11) is 5.58. The first-order valence-electron chi connectivity index (χ1n) is 10.5. The molecule has 2 aromatic rings. The Labute approximate surface area is 174 Å². The molecule has 0 saturated carbocycles. The van der Waals surface area contributed by atoms with Gasteiger partial charge in [0.05, 0.1) is 18.5 Å². The first kappa shape index (κ1) is 21.0. The molecule has 1 aliphatic heterocycles. The average molecular weight is 399 g/mol. The molecule has 2 heterocycles. The van der Waals surface area contributed by atoms with Gasteiger partial charge in [0.1, 0.15) is 5.75 Å². The van der Waals surface area contributed by atoms with Crippen LogP contribution in [0.25, 0.3) is 0 Å². The number of nitrogens with zero attached hydrogens (tertiary/aromatic N) is 4. The Morgan fingerprint density at radius 2 is 2.07 bits per heavy atom.